The lowest BCUT2D eigenvalue weighted by atomic mass is 9.43. The van der Waals surface area contributed by atoms with Crippen LogP contribution in [0.25, 0.3) is 0 Å². The molecule has 3 aliphatic rings. The molecule has 5 atom stereocenters. The van der Waals surface area contributed by atoms with E-state index in [9.17, 15) is 19.8 Å². The highest BCUT2D eigenvalue weighted by Crippen LogP contribution is 2.64. The number of aryl methyl sites for hydroxylation is 1. The van der Waals surface area contributed by atoms with Crippen molar-refractivity contribution in [2.45, 2.75) is 124 Å². The molecule has 0 radical (unpaired) electrons. The summed E-state index contributed by atoms with van der Waals surface area (Å²) < 4.78 is 0. The molecular formula is C35H54N2O4. The van der Waals surface area contributed by atoms with E-state index in [-0.39, 0.29) is 29.4 Å². The maximum Gasteiger partial charge on any atom is 0.323 e. The lowest BCUT2D eigenvalue weighted by molar-refractivity contribution is -0.149. The van der Waals surface area contributed by atoms with E-state index in [4.69, 9.17) is 0 Å². The number of aliphatic hydroxyl groups excluding tert-OH is 1. The Bertz CT molecular complexity index is 1070. The average molecular weight is 567 g/mol. The second kappa shape index (κ2) is 13.8. The summed E-state index contributed by atoms with van der Waals surface area (Å²) in [6.07, 6.45) is 15.5. The number of fused-ring (bicyclic) bond motifs is 3. The molecule has 1 aromatic rings. The third-order valence-electron chi connectivity index (χ3n) is 11.3. The highest BCUT2D eigenvalue weighted by atomic mass is 16.4. The zero-order chi connectivity index (χ0) is 29.6. The minimum Gasteiger partial charge on any atom is -0.480 e. The number of hydrogen-bond acceptors (Lipinski definition) is 4. The molecule has 0 bridgehead atoms. The van der Waals surface area contributed by atoms with Gasteiger partial charge in [-0.2, -0.15) is 0 Å². The molecule has 1 aromatic heterocycles. The monoisotopic (exact) mass is 566 g/mol. The Morgan fingerprint density at radius 2 is 1.76 bits per heavy atom. The zero-order valence-electron chi connectivity index (χ0n) is 26.0. The molecule has 1 amide bonds. The smallest absolute Gasteiger partial charge is 0.323 e. The van der Waals surface area contributed by atoms with Gasteiger partial charge in [-0.25, -0.2) is 0 Å². The molecule has 2 saturated carbocycles. The number of aromatic nitrogens is 1. The topological polar surface area (TPSA) is 90.7 Å². The Hall–Kier alpha value is -2.21. The fourth-order valence-corrected chi connectivity index (χ4v) is 8.96. The lowest BCUT2D eigenvalue weighted by Gasteiger charge is -2.62. The van der Waals surface area contributed by atoms with Gasteiger partial charge in [0.25, 0.3) is 0 Å². The number of unbranched alkanes of at least 4 members (excludes halogenated alkanes) is 4. The summed E-state index contributed by atoms with van der Waals surface area (Å²) in [5.41, 5.74) is 4.23. The maximum atomic E-state index is 13.3. The predicted molar refractivity (Wildman–Crippen MR) is 163 cm³/mol. The minimum absolute atomic E-state index is 0.0215. The van der Waals surface area contributed by atoms with Gasteiger partial charge in [0.15, 0.2) is 0 Å². The van der Waals surface area contributed by atoms with Crippen molar-refractivity contribution in [2.24, 2.45) is 28.6 Å². The van der Waals surface area contributed by atoms with Gasteiger partial charge in [0.05, 0.1) is 6.10 Å². The van der Waals surface area contributed by atoms with E-state index in [0.717, 1.165) is 82.7 Å². The van der Waals surface area contributed by atoms with Gasteiger partial charge in [-0.05, 0) is 112 Å². The summed E-state index contributed by atoms with van der Waals surface area (Å²) >= 11 is 0. The number of pyridine rings is 1. The zero-order valence-corrected chi connectivity index (χ0v) is 26.0. The van der Waals surface area contributed by atoms with Crippen LogP contribution in [0.15, 0.2) is 35.5 Å². The molecule has 41 heavy (non-hydrogen) atoms. The number of carbonyl (C=O) groups is 2. The number of carbonyl (C=O) groups excluding carboxylic acids is 1. The van der Waals surface area contributed by atoms with Crippen LogP contribution in [0.4, 0.5) is 0 Å². The molecule has 4 rings (SSSR count). The van der Waals surface area contributed by atoms with E-state index in [2.05, 4.69) is 38.7 Å². The quantitative estimate of drug-likeness (QED) is 0.194. The predicted octanol–water partition coefficient (Wildman–Crippen LogP) is 7.21. The van der Waals surface area contributed by atoms with Crippen LogP contribution < -0.4 is 0 Å². The van der Waals surface area contributed by atoms with Crippen molar-refractivity contribution in [1.82, 2.24) is 9.88 Å². The molecule has 228 valence electrons. The second-order valence-corrected chi connectivity index (χ2v) is 14.1. The standard InChI is InChI=1S/C35H54N2O4/c1-25-14-17-29-28(15-18-30-34(2,3)31(38)20-21-35(29,30)4)27(25)16-19-32(39)37(24-33(40)41)23-11-7-5-6-8-12-26-13-9-10-22-36-26/h9-10,13,22,28-31,38H,5-8,11-12,14-21,23-24H2,1-4H3,(H,40,41)/t28?,29?,30?,31-,35+/m0/s1. The van der Waals surface area contributed by atoms with Gasteiger partial charge in [0.2, 0.25) is 5.91 Å². The molecule has 2 N–H and O–H groups in total. The first-order chi connectivity index (χ1) is 19.5. The molecule has 2 fully saturated rings. The molecule has 0 aliphatic heterocycles. The van der Waals surface area contributed by atoms with Crippen LogP contribution in [0.3, 0.4) is 0 Å². The van der Waals surface area contributed by atoms with Crippen LogP contribution in [0, 0.1) is 28.6 Å². The Morgan fingerprint density at radius 1 is 1.00 bits per heavy atom. The highest BCUT2D eigenvalue weighted by Gasteiger charge is 2.58. The van der Waals surface area contributed by atoms with Gasteiger partial charge in [0, 0.05) is 24.9 Å². The molecule has 3 aliphatic carbocycles. The highest BCUT2D eigenvalue weighted by molar-refractivity contribution is 5.81. The molecular weight excluding hydrogens is 512 g/mol. The summed E-state index contributed by atoms with van der Waals surface area (Å²) in [4.78, 5) is 30.9. The number of allylic oxidation sites excluding steroid dienone is 2. The van der Waals surface area contributed by atoms with Crippen molar-refractivity contribution in [2.75, 3.05) is 13.1 Å². The largest absolute Gasteiger partial charge is 0.480 e. The third-order valence-corrected chi connectivity index (χ3v) is 11.3. The SMILES string of the molecule is CC1=C(CCC(=O)N(CCCCCCCc2ccccn2)CC(=O)O)C2CCC3C(C)(C)[C@@H](O)CC[C@]3(C)C2CC1. The number of amides is 1. The number of nitrogens with zero attached hydrogens (tertiary/aromatic N) is 2. The average Bonchev–Trinajstić information content (AvgIpc) is 2.93. The summed E-state index contributed by atoms with van der Waals surface area (Å²) in [7, 11) is 0. The maximum absolute atomic E-state index is 13.3. The van der Waals surface area contributed by atoms with Gasteiger partial charge >= 0.3 is 5.97 Å². The molecule has 1 heterocycles. The van der Waals surface area contributed by atoms with Crippen LogP contribution in [0.2, 0.25) is 0 Å². The fraction of sp³-hybridized carbons (Fsp3) is 0.743. The fourth-order valence-electron chi connectivity index (χ4n) is 8.96. The molecule has 0 aromatic carbocycles. The Labute approximate surface area is 248 Å². The molecule has 0 spiro atoms. The summed E-state index contributed by atoms with van der Waals surface area (Å²) in [5.74, 6) is 0.696. The third kappa shape index (κ3) is 7.42. The van der Waals surface area contributed by atoms with Crippen LogP contribution in [-0.4, -0.2) is 51.2 Å². The Balaban J connectivity index is 1.28. The molecule has 0 saturated heterocycles. The number of carboxylic acids is 1. The number of carboxylic acid groups (broad SMARTS) is 1. The first-order valence-electron chi connectivity index (χ1n) is 16.3. The second-order valence-electron chi connectivity index (χ2n) is 14.1. The van der Waals surface area contributed by atoms with Gasteiger partial charge in [-0.3, -0.25) is 14.6 Å². The van der Waals surface area contributed by atoms with Crippen LogP contribution in [-0.2, 0) is 16.0 Å². The Morgan fingerprint density at radius 3 is 2.49 bits per heavy atom. The summed E-state index contributed by atoms with van der Waals surface area (Å²) in [6, 6.07) is 6.02. The first kappa shape index (κ1) is 31.7. The van der Waals surface area contributed by atoms with Gasteiger partial charge in [0.1, 0.15) is 6.54 Å². The van der Waals surface area contributed by atoms with Crippen molar-refractivity contribution in [1.29, 1.82) is 0 Å². The van der Waals surface area contributed by atoms with Crippen molar-refractivity contribution in [3.8, 4) is 0 Å². The minimum atomic E-state index is -0.935. The summed E-state index contributed by atoms with van der Waals surface area (Å²) in [6.45, 7) is 9.58. The van der Waals surface area contributed by atoms with E-state index in [1.54, 1.807) is 4.90 Å². The number of aliphatic hydroxyl groups is 1. The summed E-state index contributed by atoms with van der Waals surface area (Å²) in [5, 5.41) is 20.3. The van der Waals surface area contributed by atoms with Crippen molar-refractivity contribution >= 4 is 11.9 Å². The van der Waals surface area contributed by atoms with Crippen molar-refractivity contribution in [3.63, 3.8) is 0 Å². The normalized spacial score (nSPS) is 29.0. The van der Waals surface area contributed by atoms with E-state index < -0.39 is 5.97 Å². The lowest BCUT2D eigenvalue weighted by Crippen LogP contribution is -2.56. The van der Waals surface area contributed by atoms with E-state index in [1.807, 2.05) is 18.3 Å². The number of hydrogen-bond donors (Lipinski definition) is 2. The van der Waals surface area contributed by atoms with Gasteiger partial charge in [-0.15, -0.1) is 0 Å². The van der Waals surface area contributed by atoms with E-state index >= 15 is 0 Å². The first-order valence-corrected chi connectivity index (χ1v) is 16.3. The Kier molecular flexibility index (Phi) is 10.7. The number of rotatable bonds is 13. The van der Waals surface area contributed by atoms with Gasteiger partial charge < -0.3 is 15.1 Å². The number of aliphatic carboxylic acids is 1. The van der Waals surface area contributed by atoms with Gasteiger partial charge in [-0.1, -0.05) is 57.2 Å². The molecule has 6 nitrogen and oxygen atoms in total. The van der Waals surface area contributed by atoms with Crippen LogP contribution in [0.5, 0.6) is 0 Å². The van der Waals surface area contributed by atoms with Crippen molar-refractivity contribution in [3.05, 3.63) is 41.2 Å². The van der Waals surface area contributed by atoms with Crippen molar-refractivity contribution < 1.29 is 19.8 Å². The molecule has 3 unspecified atom stereocenters. The van der Waals surface area contributed by atoms with E-state index in [1.165, 1.54) is 17.6 Å². The van der Waals surface area contributed by atoms with Crippen LogP contribution >= 0.6 is 0 Å². The van der Waals surface area contributed by atoms with Crippen LogP contribution in [0.1, 0.15) is 117 Å². The van der Waals surface area contributed by atoms with E-state index in [0.29, 0.717) is 30.7 Å². The molecule has 6 heteroatoms.